The molecule has 1 amide bonds. The van der Waals surface area contributed by atoms with Gasteiger partial charge in [0.25, 0.3) is 0 Å². The Hall–Kier alpha value is -2.18. The fraction of sp³-hybridized carbons (Fsp3) is 0.368. The van der Waals surface area contributed by atoms with E-state index in [1.807, 2.05) is 18.2 Å². The fourth-order valence-corrected chi connectivity index (χ4v) is 3.92. The number of hydrogen-bond donors (Lipinski definition) is 1. The quantitative estimate of drug-likeness (QED) is 0.833. The maximum atomic E-state index is 12.6. The molecule has 3 rings (SSSR count). The summed E-state index contributed by atoms with van der Waals surface area (Å²) in [6, 6.07) is 13.7. The van der Waals surface area contributed by atoms with Crippen LogP contribution < -0.4 is 5.32 Å². The lowest BCUT2D eigenvalue weighted by Gasteiger charge is -2.31. The van der Waals surface area contributed by atoms with Gasteiger partial charge in [0, 0.05) is 13.1 Å². The highest BCUT2D eigenvalue weighted by Crippen LogP contribution is 2.25. The molecule has 2 heterocycles. The summed E-state index contributed by atoms with van der Waals surface area (Å²) in [6.07, 6.45) is 1.91. The predicted molar refractivity (Wildman–Crippen MR) is 98.7 cm³/mol. The highest BCUT2D eigenvalue weighted by Gasteiger charge is 2.26. The zero-order valence-corrected chi connectivity index (χ0v) is 15.1. The number of hydrogen-bond acceptors (Lipinski definition) is 5. The van der Waals surface area contributed by atoms with E-state index in [4.69, 9.17) is 4.74 Å². The second-order valence-corrected chi connectivity index (χ2v) is 7.29. The van der Waals surface area contributed by atoms with Gasteiger partial charge in [0.1, 0.15) is 4.88 Å². The Bertz CT molecular complexity index is 729. The SMILES string of the molecule is COC(=O)c1ccc(NC(=O)C2CCCN(Cc3ccccc3)C2)s1. The molecule has 1 N–H and O–H groups in total. The van der Waals surface area contributed by atoms with E-state index < -0.39 is 0 Å². The summed E-state index contributed by atoms with van der Waals surface area (Å²) in [6.45, 7) is 2.65. The molecule has 1 aliphatic heterocycles. The molecule has 0 saturated carbocycles. The van der Waals surface area contributed by atoms with Crippen LogP contribution in [0.1, 0.15) is 28.1 Å². The topological polar surface area (TPSA) is 58.6 Å². The van der Waals surface area contributed by atoms with Gasteiger partial charge in [-0.05, 0) is 37.1 Å². The Balaban J connectivity index is 1.56. The van der Waals surface area contributed by atoms with Crippen LogP contribution >= 0.6 is 11.3 Å². The third-order valence-corrected chi connectivity index (χ3v) is 5.35. The summed E-state index contributed by atoms with van der Waals surface area (Å²) in [7, 11) is 1.35. The Morgan fingerprint density at radius 1 is 1.24 bits per heavy atom. The number of anilines is 1. The highest BCUT2D eigenvalue weighted by molar-refractivity contribution is 7.18. The van der Waals surface area contributed by atoms with Crippen molar-refractivity contribution in [1.29, 1.82) is 0 Å². The van der Waals surface area contributed by atoms with Crippen molar-refractivity contribution in [2.24, 2.45) is 5.92 Å². The number of carbonyl (C=O) groups is 2. The van der Waals surface area contributed by atoms with Gasteiger partial charge in [-0.1, -0.05) is 30.3 Å². The van der Waals surface area contributed by atoms with Crippen molar-refractivity contribution in [2.45, 2.75) is 19.4 Å². The fourth-order valence-electron chi connectivity index (χ4n) is 3.09. The molecule has 5 nitrogen and oxygen atoms in total. The average Bonchev–Trinajstić information content (AvgIpc) is 3.10. The lowest BCUT2D eigenvalue weighted by atomic mass is 9.96. The number of piperidine rings is 1. The zero-order valence-electron chi connectivity index (χ0n) is 14.2. The second-order valence-electron chi connectivity index (χ2n) is 6.20. The number of esters is 1. The van der Waals surface area contributed by atoms with Crippen LogP contribution in [-0.4, -0.2) is 37.0 Å². The normalized spacial score (nSPS) is 17.9. The van der Waals surface area contributed by atoms with Gasteiger partial charge in [0.05, 0.1) is 18.0 Å². The Morgan fingerprint density at radius 3 is 2.80 bits per heavy atom. The summed E-state index contributed by atoms with van der Waals surface area (Å²) in [5.74, 6) is -0.380. The lowest BCUT2D eigenvalue weighted by Crippen LogP contribution is -2.40. The number of methoxy groups -OCH3 is 1. The van der Waals surface area contributed by atoms with Crippen LogP contribution in [0.3, 0.4) is 0 Å². The van der Waals surface area contributed by atoms with Gasteiger partial charge in [-0.15, -0.1) is 11.3 Å². The first-order chi connectivity index (χ1) is 12.2. The molecule has 1 aromatic heterocycles. The summed E-state index contributed by atoms with van der Waals surface area (Å²) < 4.78 is 4.69. The maximum Gasteiger partial charge on any atom is 0.348 e. The molecule has 2 aromatic rings. The molecule has 1 atom stereocenters. The summed E-state index contributed by atoms with van der Waals surface area (Å²) in [5, 5.41) is 3.63. The summed E-state index contributed by atoms with van der Waals surface area (Å²) in [5.41, 5.74) is 1.27. The van der Waals surface area contributed by atoms with Crippen LogP contribution in [0.2, 0.25) is 0 Å². The van der Waals surface area contributed by atoms with E-state index in [1.54, 1.807) is 12.1 Å². The second kappa shape index (κ2) is 8.27. The van der Waals surface area contributed by atoms with E-state index in [-0.39, 0.29) is 17.8 Å². The van der Waals surface area contributed by atoms with E-state index in [0.717, 1.165) is 32.5 Å². The standard InChI is InChI=1S/C19H22N2O3S/c1-24-19(23)16-9-10-17(25-16)20-18(22)15-8-5-11-21(13-15)12-14-6-3-2-4-7-14/h2-4,6-7,9-10,15H,5,8,11-13H2,1H3,(H,20,22). The molecular formula is C19H22N2O3S. The molecule has 1 unspecified atom stereocenters. The van der Waals surface area contributed by atoms with Gasteiger partial charge in [-0.2, -0.15) is 0 Å². The van der Waals surface area contributed by atoms with Gasteiger partial charge in [-0.3, -0.25) is 9.69 Å². The molecule has 1 aliphatic rings. The van der Waals surface area contributed by atoms with Gasteiger partial charge >= 0.3 is 5.97 Å². The number of benzene rings is 1. The first-order valence-corrected chi connectivity index (χ1v) is 9.22. The van der Waals surface area contributed by atoms with Gasteiger partial charge in [0.2, 0.25) is 5.91 Å². The van der Waals surface area contributed by atoms with Crippen LogP contribution in [0, 0.1) is 5.92 Å². The molecule has 1 saturated heterocycles. The number of rotatable bonds is 5. The highest BCUT2D eigenvalue weighted by atomic mass is 32.1. The minimum absolute atomic E-state index is 0.0241. The molecule has 0 bridgehead atoms. The molecule has 1 aromatic carbocycles. The number of amides is 1. The molecule has 6 heteroatoms. The van der Waals surface area contributed by atoms with Crippen LogP contribution in [0.5, 0.6) is 0 Å². The van der Waals surface area contributed by atoms with Crippen molar-refractivity contribution >= 4 is 28.2 Å². The minimum atomic E-state index is -0.378. The Labute approximate surface area is 151 Å². The van der Waals surface area contributed by atoms with Crippen molar-refractivity contribution in [2.75, 3.05) is 25.5 Å². The molecule has 0 aliphatic carbocycles. The Morgan fingerprint density at radius 2 is 2.04 bits per heavy atom. The number of nitrogens with zero attached hydrogens (tertiary/aromatic N) is 1. The van der Waals surface area contributed by atoms with E-state index in [1.165, 1.54) is 24.0 Å². The largest absolute Gasteiger partial charge is 0.465 e. The van der Waals surface area contributed by atoms with E-state index in [0.29, 0.717) is 9.88 Å². The minimum Gasteiger partial charge on any atom is -0.465 e. The van der Waals surface area contributed by atoms with Crippen LogP contribution in [0.15, 0.2) is 42.5 Å². The van der Waals surface area contributed by atoms with E-state index in [9.17, 15) is 9.59 Å². The molecule has 1 fully saturated rings. The lowest BCUT2D eigenvalue weighted by molar-refractivity contribution is -0.121. The summed E-state index contributed by atoms with van der Waals surface area (Å²) in [4.78, 5) is 26.9. The van der Waals surface area contributed by atoms with Crippen LogP contribution in [0.4, 0.5) is 5.00 Å². The molecule has 0 spiro atoms. The molecule has 0 radical (unpaired) electrons. The number of likely N-dealkylation sites (tertiary alicyclic amines) is 1. The Kier molecular flexibility index (Phi) is 5.83. The van der Waals surface area contributed by atoms with Gasteiger partial charge in [-0.25, -0.2) is 4.79 Å². The maximum absolute atomic E-state index is 12.6. The first-order valence-electron chi connectivity index (χ1n) is 8.41. The van der Waals surface area contributed by atoms with Gasteiger partial charge < -0.3 is 10.1 Å². The number of carbonyl (C=O) groups excluding carboxylic acids is 2. The third-order valence-electron chi connectivity index (χ3n) is 4.36. The molecule has 25 heavy (non-hydrogen) atoms. The van der Waals surface area contributed by atoms with Crippen molar-refractivity contribution in [3.05, 3.63) is 52.9 Å². The van der Waals surface area contributed by atoms with Crippen molar-refractivity contribution in [1.82, 2.24) is 4.90 Å². The van der Waals surface area contributed by atoms with Crippen molar-refractivity contribution in [3.8, 4) is 0 Å². The summed E-state index contributed by atoms with van der Waals surface area (Å²) >= 11 is 1.24. The third kappa shape index (κ3) is 4.67. The number of nitrogens with one attached hydrogen (secondary N) is 1. The monoisotopic (exact) mass is 358 g/mol. The van der Waals surface area contributed by atoms with Crippen LogP contribution in [-0.2, 0) is 16.1 Å². The molecular weight excluding hydrogens is 336 g/mol. The predicted octanol–water partition coefficient (Wildman–Crippen LogP) is 3.39. The smallest absolute Gasteiger partial charge is 0.348 e. The van der Waals surface area contributed by atoms with E-state index >= 15 is 0 Å². The average molecular weight is 358 g/mol. The van der Waals surface area contributed by atoms with Crippen molar-refractivity contribution in [3.63, 3.8) is 0 Å². The first kappa shape index (κ1) is 17.6. The van der Waals surface area contributed by atoms with Crippen molar-refractivity contribution < 1.29 is 14.3 Å². The zero-order chi connectivity index (χ0) is 17.6. The van der Waals surface area contributed by atoms with Crippen LogP contribution in [0.25, 0.3) is 0 Å². The molecule has 132 valence electrons. The number of thiophene rings is 1. The van der Waals surface area contributed by atoms with Gasteiger partial charge in [0.15, 0.2) is 0 Å². The van der Waals surface area contributed by atoms with E-state index in [2.05, 4.69) is 22.3 Å². The number of ether oxygens (including phenoxy) is 1.